The molecule has 1 unspecified atom stereocenters. The van der Waals surface area contributed by atoms with Crippen molar-refractivity contribution >= 4 is 12.3 Å². The van der Waals surface area contributed by atoms with Crippen LogP contribution in [0, 0.1) is 0 Å². The highest BCUT2D eigenvalue weighted by Crippen LogP contribution is 2.00. The standard InChI is InChI=1S/C8H14O3/c1-3-5-7(6-9)11-8(10)4-2/h6-7H,3-5H2,1-2H3. The molecule has 0 rings (SSSR count). The summed E-state index contributed by atoms with van der Waals surface area (Å²) in [7, 11) is 0. The average Bonchev–Trinajstić information content (AvgIpc) is 2.03. The van der Waals surface area contributed by atoms with Crippen molar-refractivity contribution in [3.05, 3.63) is 0 Å². The molecule has 0 aromatic heterocycles. The van der Waals surface area contributed by atoms with Crippen molar-refractivity contribution < 1.29 is 14.3 Å². The fraction of sp³-hybridized carbons (Fsp3) is 0.750. The lowest BCUT2D eigenvalue weighted by atomic mass is 10.2. The van der Waals surface area contributed by atoms with Gasteiger partial charge in [-0.2, -0.15) is 0 Å². The molecule has 0 saturated heterocycles. The van der Waals surface area contributed by atoms with Gasteiger partial charge in [-0.1, -0.05) is 20.3 Å². The minimum absolute atomic E-state index is 0.310. The van der Waals surface area contributed by atoms with Crippen molar-refractivity contribution in [1.29, 1.82) is 0 Å². The van der Waals surface area contributed by atoms with Gasteiger partial charge in [0.15, 0.2) is 12.4 Å². The summed E-state index contributed by atoms with van der Waals surface area (Å²) in [6.07, 6.45) is 1.94. The van der Waals surface area contributed by atoms with Gasteiger partial charge in [0.05, 0.1) is 0 Å². The van der Waals surface area contributed by atoms with E-state index in [1.807, 2.05) is 6.92 Å². The van der Waals surface area contributed by atoms with Crippen molar-refractivity contribution in [2.24, 2.45) is 0 Å². The molecule has 0 fully saturated rings. The van der Waals surface area contributed by atoms with E-state index in [0.29, 0.717) is 19.1 Å². The Hall–Kier alpha value is -0.860. The lowest BCUT2D eigenvalue weighted by molar-refractivity contribution is -0.151. The molecule has 0 aromatic rings. The Morgan fingerprint density at radius 2 is 2.18 bits per heavy atom. The van der Waals surface area contributed by atoms with Gasteiger partial charge in [0.1, 0.15) is 0 Å². The van der Waals surface area contributed by atoms with Crippen molar-refractivity contribution in [2.45, 2.75) is 39.2 Å². The van der Waals surface area contributed by atoms with Gasteiger partial charge in [0, 0.05) is 6.42 Å². The molecule has 0 aliphatic rings. The van der Waals surface area contributed by atoms with Gasteiger partial charge >= 0.3 is 5.97 Å². The first kappa shape index (κ1) is 10.1. The molecule has 0 N–H and O–H groups in total. The number of carbonyl (C=O) groups excluding carboxylic acids is 2. The van der Waals surface area contributed by atoms with Gasteiger partial charge < -0.3 is 4.74 Å². The van der Waals surface area contributed by atoms with Crippen molar-refractivity contribution in [3.63, 3.8) is 0 Å². The number of rotatable bonds is 5. The molecule has 11 heavy (non-hydrogen) atoms. The Kier molecular flexibility index (Phi) is 5.43. The quantitative estimate of drug-likeness (QED) is 0.447. The van der Waals surface area contributed by atoms with Crippen LogP contribution in [0.1, 0.15) is 33.1 Å². The topological polar surface area (TPSA) is 43.4 Å². The third-order valence-corrected chi connectivity index (χ3v) is 1.30. The molecule has 1 atom stereocenters. The summed E-state index contributed by atoms with van der Waals surface area (Å²) >= 11 is 0. The Morgan fingerprint density at radius 1 is 1.55 bits per heavy atom. The van der Waals surface area contributed by atoms with E-state index in [2.05, 4.69) is 0 Å². The first-order valence-electron chi connectivity index (χ1n) is 3.89. The minimum atomic E-state index is -0.535. The zero-order valence-electron chi connectivity index (χ0n) is 7.00. The molecule has 0 aliphatic carbocycles. The molecular formula is C8H14O3. The van der Waals surface area contributed by atoms with E-state index in [4.69, 9.17) is 4.74 Å². The maximum Gasteiger partial charge on any atom is 0.306 e. The molecule has 0 heterocycles. The van der Waals surface area contributed by atoms with Crippen LogP contribution in [-0.4, -0.2) is 18.4 Å². The Labute approximate surface area is 66.7 Å². The summed E-state index contributed by atoms with van der Waals surface area (Å²) in [6, 6.07) is 0. The summed E-state index contributed by atoms with van der Waals surface area (Å²) < 4.78 is 4.78. The molecule has 0 radical (unpaired) electrons. The van der Waals surface area contributed by atoms with Gasteiger partial charge in [-0.25, -0.2) is 0 Å². The summed E-state index contributed by atoms with van der Waals surface area (Å²) in [5.74, 6) is -0.310. The van der Waals surface area contributed by atoms with Crippen LogP contribution in [-0.2, 0) is 14.3 Å². The van der Waals surface area contributed by atoms with Gasteiger partial charge in [-0.05, 0) is 6.42 Å². The van der Waals surface area contributed by atoms with E-state index < -0.39 is 6.10 Å². The molecule has 0 spiro atoms. The van der Waals surface area contributed by atoms with E-state index in [1.165, 1.54) is 0 Å². The maximum absolute atomic E-state index is 10.7. The zero-order chi connectivity index (χ0) is 8.69. The molecule has 0 bridgehead atoms. The Bertz CT molecular complexity index is 131. The van der Waals surface area contributed by atoms with Gasteiger partial charge in [0.2, 0.25) is 0 Å². The molecule has 3 nitrogen and oxygen atoms in total. The van der Waals surface area contributed by atoms with Crippen LogP contribution in [0.4, 0.5) is 0 Å². The lowest BCUT2D eigenvalue weighted by Crippen LogP contribution is -2.18. The summed E-state index contributed by atoms with van der Waals surface area (Å²) in [6.45, 7) is 3.65. The molecular weight excluding hydrogens is 144 g/mol. The van der Waals surface area contributed by atoms with Crippen LogP contribution in [0.3, 0.4) is 0 Å². The maximum atomic E-state index is 10.7. The Morgan fingerprint density at radius 3 is 2.55 bits per heavy atom. The zero-order valence-corrected chi connectivity index (χ0v) is 7.00. The van der Waals surface area contributed by atoms with Crippen LogP contribution in [0.2, 0.25) is 0 Å². The van der Waals surface area contributed by atoms with Crippen LogP contribution in [0.25, 0.3) is 0 Å². The highest BCUT2D eigenvalue weighted by atomic mass is 16.5. The number of aldehydes is 1. The van der Waals surface area contributed by atoms with E-state index in [9.17, 15) is 9.59 Å². The first-order valence-corrected chi connectivity index (χ1v) is 3.89. The van der Waals surface area contributed by atoms with E-state index >= 15 is 0 Å². The number of esters is 1. The fourth-order valence-electron chi connectivity index (χ4n) is 0.691. The second kappa shape index (κ2) is 5.89. The van der Waals surface area contributed by atoms with E-state index in [-0.39, 0.29) is 5.97 Å². The minimum Gasteiger partial charge on any atom is -0.455 e. The molecule has 64 valence electrons. The number of carbonyl (C=O) groups is 2. The molecule has 0 aromatic carbocycles. The van der Waals surface area contributed by atoms with Crippen LogP contribution < -0.4 is 0 Å². The van der Waals surface area contributed by atoms with Gasteiger partial charge in [0.25, 0.3) is 0 Å². The first-order chi connectivity index (χ1) is 5.24. The number of ether oxygens (including phenoxy) is 1. The SMILES string of the molecule is CCCC(C=O)OC(=O)CC. The second-order valence-corrected chi connectivity index (χ2v) is 2.31. The lowest BCUT2D eigenvalue weighted by Gasteiger charge is -2.08. The van der Waals surface area contributed by atoms with Crippen molar-refractivity contribution in [3.8, 4) is 0 Å². The smallest absolute Gasteiger partial charge is 0.306 e. The summed E-state index contributed by atoms with van der Waals surface area (Å²) in [5.41, 5.74) is 0. The van der Waals surface area contributed by atoms with Gasteiger partial charge in [-0.15, -0.1) is 0 Å². The predicted molar refractivity (Wildman–Crippen MR) is 41.1 cm³/mol. The third kappa shape index (κ3) is 4.53. The van der Waals surface area contributed by atoms with Crippen LogP contribution >= 0.6 is 0 Å². The largest absolute Gasteiger partial charge is 0.455 e. The van der Waals surface area contributed by atoms with Crippen molar-refractivity contribution in [2.75, 3.05) is 0 Å². The molecule has 3 heteroatoms. The molecule has 0 saturated carbocycles. The van der Waals surface area contributed by atoms with E-state index in [1.54, 1.807) is 6.92 Å². The highest BCUT2D eigenvalue weighted by Gasteiger charge is 2.09. The summed E-state index contributed by atoms with van der Waals surface area (Å²) in [5, 5.41) is 0. The predicted octanol–water partition coefficient (Wildman–Crippen LogP) is 1.31. The number of hydrogen-bond acceptors (Lipinski definition) is 3. The van der Waals surface area contributed by atoms with Crippen LogP contribution in [0.15, 0.2) is 0 Å². The average molecular weight is 158 g/mol. The second-order valence-electron chi connectivity index (χ2n) is 2.31. The normalized spacial score (nSPS) is 12.2. The number of hydrogen-bond donors (Lipinski definition) is 0. The molecule has 0 aliphatic heterocycles. The van der Waals surface area contributed by atoms with Crippen molar-refractivity contribution in [1.82, 2.24) is 0 Å². The van der Waals surface area contributed by atoms with E-state index in [0.717, 1.165) is 6.42 Å². The fourth-order valence-corrected chi connectivity index (χ4v) is 0.691. The molecule has 0 amide bonds. The Balaban J connectivity index is 3.67. The summed E-state index contributed by atoms with van der Waals surface area (Å²) in [4.78, 5) is 20.9. The third-order valence-electron chi connectivity index (χ3n) is 1.30. The highest BCUT2D eigenvalue weighted by molar-refractivity contribution is 5.72. The van der Waals surface area contributed by atoms with Gasteiger partial charge in [-0.3, -0.25) is 9.59 Å². The monoisotopic (exact) mass is 158 g/mol. The van der Waals surface area contributed by atoms with Crippen LogP contribution in [0.5, 0.6) is 0 Å².